The first-order chi connectivity index (χ1) is 5.31. The fourth-order valence-electron chi connectivity index (χ4n) is 1.55. The smallest absolute Gasteiger partial charge is 0.407 e. The molecule has 1 spiro atoms. The van der Waals surface area contributed by atoms with Crippen LogP contribution in [0.5, 0.6) is 0 Å². The Morgan fingerprint density at radius 1 is 1.55 bits per heavy atom. The predicted octanol–water partition coefficient (Wildman–Crippen LogP) is 0.275. The molecule has 2 saturated heterocycles. The summed E-state index contributed by atoms with van der Waals surface area (Å²) in [5, 5.41) is 2.64. The lowest BCUT2D eigenvalue weighted by atomic mass is 9.97. The van der Waals surface area contributed by atoms with Crippen LogP contribution in [0.4, 0.5) is 4.79 Å². The van der Waals surface area contributed by atoms with Crippen molar-refractivity contribution >= 4 is 6.09 Å². The number of hydrogen-bond donors (Lipinski definition) is 1. The van der Waals surface area contributed by atoms with Crippen LogP contribution in [-0.4, -0.2) is 31.5 Å². The van der Waals surface area contributed by atoms with Gasteiger partial charge in [0.25, 0.3) is 0 Å². The topological polar surface area (TPSA) is 47.6 Å². The summed E-state index contributed by atoms with van der Waals surface area (Å²) in [6.07, 6.45) is 1.59. The third-order valence-electron chi connectivity index (χ3n) is 2.15. The molecule has 0 aromatic rings. The Morgan fingerprint density at radius 2 is 2.45 bits per heavy atom. The third kappa shape index (κ3) is 1.18. The molecule has 0 aliphatic carbocycles. The minimum Gasteiger partial charge on any atom is -0.439 e. The molecule has 1 unspecified atom stereocenters. The van der Waals surface area contributed by atoms with Gasteiger partial charge < -0.3 is 14.8 Å². The minimum absolute atomic E-state index is 0.310. The largest absolute Gasteiger partial charge is 0.439 e. The third-order valence-corrected chi connectivity index (χ3v) is 2.15. The Bertz CT molecular complexity index is 175. The van der Waals surface area contributed by atoms with E-state index >= 15 is 0 Å². The van der Waals surface area contributed by atoms with Crippen molar-refractivity contribution in [3.05, 3.63) is 0 Å². The first-order valence-corrected chi connectivity index (χ1v) is 3.85. The summed E-state index contributed by atoms with van der Waals surface area (Å²) in [4.78, 5) is 10.7. The van der Waals surface area contributed by atoms with Crippen LogP contribution in [0.3, 0.4) is 0 Å². The molecule has 0 saturated carbocycles. The average molecular weight is 157 g/mol. The summed E-state index contributed by atoms with van der Waals surface area (Å²) in [5.74, 6) is 0. The van der Waals surface area contributed by atoms with Gasteiger partial charge in [0, 0.05) is 6.61 Å². The van der Waals surface area contributed by atoms with Crippen molar-refractivity contribution in [2.75, 3.05) is 19.8 Å². The molecule has 1 atom stereocenters. The molecule has 2 heterocycles. The zero-order valence-corrected chi connectivity index (χ0v) is 6.26. The lowest BCUT2D eigenvalue weighted by Crippen LogP contribution is -2.41. The van der Waals surface area contributed by atoms with Crippen molar-refractivity contribution in [1.82, 2.24) is 5.32 Å². The lowest BCUT2D eigenvalue weighted by molar-refractivity contribution is -0.0644. The molecular weight excluding hydrogens is 146 g/mol. The Kier molecular flexibility index (Phi) is 1.49. The number of carbonyl (C=O) groups excluding carboxylic acids is 1. The van der Waals surface area contributed by atoms with Crippen LogP contribution in [0.2, 0.25) is 0 Å². The second kappa shape index (κ2) is 2.37. The number of nitrogens with one attached hydrogen (secondary N) is 1. The first-order valence-electron chi connectivity index (χ1n) is 3.85. The van der Waals surface area contributed by atoms with E-state index in [2.05, 4.69) is 5.32 Å². The average Bonchev–Trinajstić information content (AvgIpc) is 2.34. The minimum atomic E-state index is -0.338. The van der Waals surface area contributed by atoms with Crippen LogP contribution in [0, 0.1) is 0 Å². The van der Waals surface area contributed by atoms with Gasteiger partial charge in [-0.1, -0.05) is 0 Å². The van der Waals surface area contributed by atoms with E-state index in [9.17, 15) is 4.79 Å². The molecular formula is C7H11NO3. The maximum atomic E-state index is 10.7. The molecule has 1 amide bonds. The normalized spacial score (nSPS) is 36.9. The van der Waals surface area contributed by atoms with Crippen LogP contribution in [0.1, 0.15) is 12.8 Å². The Morgan fingerprint density at radius 3 is 3.00 bits per heavy atom. The van der Waals surface area contributed by atoms with Gasteiger partial charge in [0.15, 0.2) is 5.60 Å². The quantitative estimate of drug-likeness (QED) is 0.549. The molecule has 1 N–H and O–H groups in total. The van der Waals surface area contributed by atoms with Crippen LogP contribution in [-0.2, 0) is 9.47 Å². The maximum Gasteiger partial charge on any atom is 0.407 e. The number of alkyl carbamates (subject to hydrolysis) is 1. The Hall–Kier alpha value is -0.770. The zero-order chi connectivity index (χ0) is 7.73. The van der Waals surface area contributed by atoms with Crippen molar-refractivity contribution < 1.29 is 14.3 Å². The highest BCUT2D eigenvalue weighted by Crippen LogP contribution is 2.25. The second-order valence-electron chi connectivity index (χ2n) is 3.08. The van der Waals surface area contributed by atoms with Crippen LogP contribution in [0.15, 0.2) is 0 Å². The molecule has 2 fully saturated rings. The van der Waals surface area contributed by atoms with E-state index in [0.717, 1.165) is 19.4 Å². The second-order valence-corrected chi connectivity index (χ2v) is 3.08. The van der Waals surface area contributed by atoms with Gasteiger partial charge in [-0.05, 0) is 12.8 Å². The van der Waals surface area contributed by atoms with Crippen molar-refractivity contribution in [3.8, 4) is 0 Å². The van der Waals surface area contributed by atoms with Crippen LogP contribution >= 0.6 is 0 Å². The van der Waals surface area contributed by atoms with Crippen molar-refractivity contribution in [2.45, 2.75) is 18.4 Å². The van der Waals surface area contributed by atoms with Crippen molar-refractivity contribution in [3.63, 3.8) is 0 Å². The summed E-state index contributed by atoms with van der Waals surface area (Å²) < 4.78 is 10.4. The van der Waals surface area contributed by atoms with Gasteiger partial charge >= 0.3 is 6.09 Å². The van der Waals surface area contributed by atoms with Crippen LogP contribution < -0.4 is 5.32 Å². The highest BCUT2D eigenvalue weighted by Gasteiger charge is 2.41. The van der Waals surface area contributed by atoms with E-state index in [4.69, 9.17) is 9.47 Å². The summed E-state index contributed by atoms with van der Waals surface area (Å²) >= 11 is 0. The summed E-state index contributed by atoms with van der Waals surface area (Å²) in [6, 6.07) is 0. The highest BCUT2D eigenvalue weighted by molar-refractivity contribution is 5.70. The Labute approximate surface area is 64.9 Å². The molecule has 11 heavy (non-hydrogen) atoms. The van der Waals surface area contributed by atoms with E-state index in [0.29, 0.717) is 13.2 Å². The molecule has 62 valence electrons. The van der Waals surface area contributed by atoms with Gasteiger partial charge in [-0.3, -0.25) is 0 Å². The van der Waals surface area contributed by atoms with Crippen LogP contribution in [0.25, 0.3) is 0 Å². The molecule has 0 aromatic heterocycles. The molecule has 2 aliphatic rings. The molecule has 0 bridgehead atoms. The van der Waals surface area contributed by atoms with Gasteiger partial charge in [0.1, 0.15) is 0 Å². The van der Waals surface area contributed by atoms with E-state index in [1.54, 1.807) is 0 Å². The number of amides is 1. The van der Waals surface area contributed by atoms with E-state index < -0.39 is 0 Å². The fraction of sp³-hybridized carbons (Fsp3) is 0.857. The monoisotopic (exact) mass is 157 g/mol. The van der Waals surface area contributed by atoms with Crippen molar-refractivity contribution in [1.29, 1.82) is 0 Å². The Balaban J connectivity index is 2.03. The zero-order valence-electron chi connectivity index (χ0n) is 6.26. The van der Waals surface area contributed by atoms with E-state index in [1.807, 2.05) is 0 Å². The fourth-order valence-corrected chi connectivity index (χ4v) is 1.55. The number of rotatable bonds is 0. The molecule has 4 heteroatoms. The van der Waals surface area contributed by atoms with Gasteiger partial charge in [-0.2, -0.15) is 0 Å². The summed E-state index contributed by atoms with van der Waals surface area (Å²) in [7, 11) is 0. The molecule has 2 aliphatic heterocycles. The molecule has 0 aromatic carbocycles. The molecule has 0 radical (unpaired) electrons. The first kappa shape index (κ1) is 6.91. The number of carbonyl (C=O) groups is 1. The van der Waals surface area contributed by atoms with Crippen molar-refractivity contribution in [2.24, 2.45) is 0 Å². The highest BCUT2D eigenvalue weighted by atomic mass is 16.6. The summed E-state index contributed by atoms with van der Waals surface area (Å²) in [5.41, 5.74) is -0.338. The van der Waals surface area contributed by atoms with E-state index in [1.165, 1.54) is 0 Å². The van der Waals surface area contributed by atoms with E-state index in [-0.39, 0.29) is 11.7 Å². The van der Waals surface area contributed by atoms with Gasteiger partial charge in [0.05, 0.1) is 13.2 Å². The lowest BCUT2D eigenvalue weighted by Gasteiger charge is -2.29. The maximum absolute atomic E-state index is 10.7. The number of hydrogen-bond acceptors (Lipinski definition) is 3. The van der Waals surface area contributed by atoms with Gasteiger partial charge in [0.2, 0.25) is 0 Å². The molecule has 2 rings (SSSR count). The summed E-state index contributed by atoms with van der Waals surface area (Å²) in [6.45, 7) is 1.94. The number of ether oxygens (including phenoxy) is 2. The standard InChI is InChI=1S/C7H11NO3/c9-6-8-4-7(11-6)2-1-3-10-5-7/h1-5H2,(H,8,9). The predicted molar refractivity (Wildman–Crippen MR) is 37.3 cm³/mol. The van der Waals surface area contributed by atoms with Gasteiger partial charge in [-0.25, -0.2) is 4.79 Å². The van der Waals surface area contributed by atoms with Gasteiger partial charge in [-0.15, -0.1) is 0 Å². The molecule has 4 nitrogen and oxygen atoms in total. The SMILES string of the molecule is O=C1NCC2(CCCOC2)O1.